The molecule has 0 saturated heterocycles. The lowest BCUT2D eigenvalue weighted by molar-refractivity contribution is -0.161. The maximum absolute atomic E-state index is 12.0. The molecule has 0 radical (unpaired) electrons. The van der Waals surface area contributed by atoms with Crippen LogP contribution in [0.4, 0.5) is 5.82 Å². The number of rotatable bonds is 3. The highest BCUT2D eigenvalue weighted by Crippen LogP contribution is 2.29. The molecule has 1 aliphatic rings. The lowest BCUT2D eigenvalue weighted by Gasteiger charge is -2.30. The van der Waals surface area contributed by atoms with Gasteiger partial charge in [-0.15, -0.1) is 0 Å². The third-order valence-corrected chi connectivity index (χ3v) is 3.48. The minimum atomic E-state index is -0.417. The van der Waals surface area contributed by atoms with Crippen LogP contribution in [0.3, 0.4) is 0 Å². The molecular formula is C16H24N2O3. The molecule has 1 aromatic rings. The number of ether oxygens (including phenoxy) is 2. The van der Waals surface area contributed by atoms with Gasteiger partial charge in [0.1, 0.15) is 17.2 Å². The Hall–Kier alpha value is -1.78. The lowest BCUT2D eigenvalue weighted by Crippen LogP contribution is -2.33. The van der Waals surface area contributed by atoms with Gasteiger partial charge in [0, 0.05) is 0 Å². The van der Waals surface area contributed by atoms with Crippen LogP contribution < -0.4 is 10.5 Å². The van der Waals surface area contributed by atoms with E-state index in [4.69, 9.17) is 15.2 Å². The van der Waals surface area contributed by atoms with Gasteiger partial charge in [0.05, 0.1) is 18.2 Å². The predicted octanol–water partition coefficient (Wildman–Crippen LogP) is 2.94. The Balaban J connectivity index is 1.80. The molecule has 1 fully saturated rings. The third kappa shape index (κ3) is 4.92. The highest BCUT2D eigenvalue weighted by atomic mass is 16.6. The summed E-state index contributed by atoms with van der Waals surface area (Å²) < 4.78 is 11.3. The van der Waals surface area contributed by atoms with Crippen LogP contribution in [0.5, 0.6) is 5.75 Å². The summed E-state index contributed by atoms with van der Waals surface area (Å²) in [6.45, 7) is 5.69. The number of hydrogen-bond acceptors (Lipinski definition) is 5. The summed E-state index contributed by atoms with van der Waals surface area (Å²) in [5.41, 5.74) is 5.13. The van der Waals surface area contributed by atoms with Gasteiger partial charge in [0.25, 0.3) is 0 Å². The van der Waals surface area contributed by atoms with Crippen LogP contribution in [0.1, 0.15) is 46.5 Å². The number of carbonyl (C=O) groups excluding carboxylic acids is 1. The van der Waals surface area contributed by atoms with Crippen molar-refractivity contribution in [2.45, 2.75) is 58.2 Å². The zero-order valence-corrected chi connectivity index (χ0v) is 13.0. The molecular weight excluding hydrogens is 268 g/mol. The first-order chi connectivity index (χ1) is 9.83. The van der Waals surface area contributed by atoms with E-state index in [1.807, 2.05) is 26.8 Å². The molecule has 0 atom stereocenters. The van der Waals surface area contributed by atoms with Crippen LogP contribution in [0.2, 0.25) is 0 Å². The molecule has 21 heavy (non-hydrogen) atoms. The van der Waals surface area contributed by atoms with Crippen LogP contribution in [0.15, 0.2) is 18.3 Å². The molecule has 5 heteroatoms. The monoisotopic (exact) mass is 292 g/mol. The molecule has 1 aliphatic carbocycles. The Kier molecular flexibility index (Phi) is 4.70. The largest absolute Gasteiger partial charge is 0.489 e. The van der Waals surface area contributed by atoms with Gasteiger partial charge in [0.15, 0.2) is 0 Å². The number of aromatic nitrogens is 1. The quantitative estimate of drug-likeness (QED) is 0.867. The van der Waals surface area contributed by atoms with Gasteiger partial charge >= 0.3 is 5.97 Å². The van der Waals surface area contributed by atoms with Crippen LogP contribution in [-0.4, -0.2) is 22.7 Å². The second-order valence-corrected chi connectivity index (χ2v) is 6.54. The predicted molar refractivity (Wildman–Crippen MR) is 80.9 cm³/mol. The van der Waals surface area contributed by atoms with Crippen molar-refractivity contribution in [3.8, 4) is 5.75 Å². The number of esters is 1. The highest BCUT2D eigenvalue weighted by molar-refractivity contribution is 5.73. The van der Waals surface area contributed by atoms with E-state index >= 15 is 0 Å². The number of nitrogens with two attached hydrogens (primary N) is 1. The van der Waals surface area contributed by atoms with E-state index in [0.29, 0.717) is 5.82 Å². The van der Waals surface area contributed by atoms with Crippen molar-refractivity contribution in [1.82, 2.24) is 4.98 Å². The van der Waals surface area contributed by atoms with E-state index in [0.717, 1.165) is 31.4 Å². The van der Waals surface area contributed by atoms with E-state index in [1.165, 1.54) is 0 Å². The average molecular weight is 292 g/mol. The van der Waals surface area contributed by atoms with E-state index in [2.05, 4.69) is 4.98 Å². The Morgan fingerprint density at radius 1 is 1.24 bits per heavy atom. The first-order valence-corrected chi connectivity index (χ1v) is 7.44. The van der Waals surface area contributed by atoms with Gasteiger partial charge in [-0.1, -0.05) is 0 Å². The van der Waals surface area contributed by atoms with Crippen molar-refractivity contribution in [2.75, 3.05) is 5.73 Å². The Labute approximate surface area is 125 Å². The van der Waals surface area contributed by atoms with Gasteiger partial charge in [0.2, 0.25) is 0 Å². The second-order valence-electron chi connectivity index (χ2n) is 6.54. The first kappa shape index (κ1) is 15.6. The summed E-state index contributed by atoms with van der Waals surface area (Å²) in [6.07, 6.45) is 5.09. The van der Waals surface area contributed by atoms with Crippen LogP contribution >= 0.6 is 0 Å². The summed E-state index contributed by atoms with van der Waals surface area (Å²) in [4.78, 5) is 16.0. The topological polar surface area (TPSA) is 74.4 Å². The molecule has 0 aliphatic heterocycles. The van der Waals surface area contributed by atoms with Gasteiger partial charge in [-0.05, 0) is 58.6 Å². The number of carbonyl (C=O) groups is 1. The molecule has 116 valence electrons. The number of nitrogens with zero attached hydrogens (tertiary/aromatic N) is 1. The summed E-state index contributed by atoms with van der Waals surface area (Å²) in [5.74, 6) is 1.12. The minimum Gasteiger partial charge on any atom is -0.489 e. The molecule has 2 N–H and O–H groups in total. The Morgan fingerprint density at radius 3 is 2.43 bits per heavy atom. The fourth-order valence-electron chi connectivity index (χ4n) is 2.46. The summed E-state index contributed by atoms with van der Waals surface area (Å²) in [6, 6.07) is 3.55. The van der Waals surface area contributed by atoms with Crippen LogP contribution in [0.25, 0.3) is 0 Å². The van der Waals surface area contributed by atoms with Gasteiger partial charge in [-0.3, -0.25) is 4.79 Å². The fourth-order valence-corrected chi connectivity index (χ4v) is 2.46. The number of anilines is 1. The molecule has 0 bridgehead atoms. The van der Waals surface area contributed by atoms with Gasteiger partial charge in [-0.2, -0.15) is 0 Å². The first-order valence-electron chi connectivity index (χ1n) is 7.44. The van der Waals surface area contributed by atoms with Gasteiger partial charge < -0.3 is 15.2 Å². The van der Waals surface area contributed by atoms with Crippen LogP contribution in [0, 0.1) is 5.92 Å². The second kappa shape index (κ2) is 6.33. The molecule has 0 aromatic carbocycles. The molecule has 1 heterocycles. The van der Waals surface area contributed by atoms with Crippen molar-refractivity contribution in [3.05, 3.63) is 18.3 Å². The fraction of sp³-hybridized carbons (Fsp3) is 0.625. The smallest absolute Gasteiger partial charge is 0.309 e. The van der Waals surface area contributed by atoms with Crippen molar-refractivity contribution in [1.29, 1.82) is 0 Å². The number of pyridine rings is 1. The number of nitrogen functional groups attached to an aromatic ring is 1. The summed E-state index contributed by atoms with van der Waals surface area (Å²) in [7, 11) is 0. The average Bonchev–Trinajstić information content (AvgIpc) is 2.40. The molecule has 0 amide bonds. The van der Waals surface area contributed by atoms with Crippen molar-refractivity contribution >= 4 is 11.8 Å². The summed E-state index contributed by atoms with van der Waals surface area (Å²) in [5, 5.41) is 0. The van der Waals surface area contributed by atoms with E-state index in [-0.39, 0.29) is 18.0 Å². The SMILES string of the molecule is CC(C)(C)OC(=O)C1CCC(Oc2ccc(N)nc2)CC1. The zero-order valence-electron chi connectivity index (χ0n) is 13.0. The molecule has 1 saturated carbocycles. The Morgan fingerprint density at radius 2 is 1.90 bits per heavy atom. The standard InChI is InChI=1S/C16H24N2O3/c1-16(2,3)21-15(19)11-4-6-12(7-5-11)20-13-8-9-14(17)18-10-13/h8-12H,4-7H2,1-3H3,(H2,17,18). The molecule has 5 nitrogen and oxygen atoms in total. The van der Waals surface area contributed by atoms with E-state index in [9.17, 15) is 4.79 Å². The van der Waals surface area contributed by atoms with E-state index < -0.39 is 5.60 Å². The molecule has 0 unspecified atom stereocenters. The Bertz CT molecular complexity index is 471. The van der Waals surface area contributed by atoms with Crippen LogP contribution in [-0.2, 0) is 9.53 Å². The normalized spacial score (nSPS) is 22.6. The van der Waals surface area contributed by atoms with Gasteiger partial charge in [-0.25, -0.2) is 4.98 Å². The molecule has 0 spiro atoms. The lowest BCUT2D eigenvalue weighted by atomic mass is 9.87. The number of hydrogen-bond donors (Lipinski definition) is 1. The van der Waals surface area contributed by atoms with Crippen molar-refractivity contribution in [2.24, 2.45) is 5.92 Å². The van der Waals surface area contributed by atoms with E-state index in [1.54, 1.807) is 12.3 Å². The van der Waals surface area contributed by atoms with Crippen molar-refractivity contribution in [3.63, 3.8) is 0 Å². The highest BCUT2D eigenvalue weighted by Gasteiger charge is 2.30. The molecule has 2 rings (SSSR count). The third-order valence-electron chi connectivity index (χ3n) is 3.48. The van der Waals surface area contributed by atoms with Crippen molar-refractivity contribution < 1.29 is 14.3 Å². The maximum atomic E-state index is 12.0. The molecule has 1 aromatic heterocycles. The maximum Gasteiger partial charge on any atom is 0.309 e. The zero-order chi connectivity index (χ0) is 15.5. The summed E-state index contributed by atoms with van der Waals surface area (Å²) >= 11 is 0. The minimum absolute atomic E-state index is 0.00591.